The normalized spacial score (nSPS) is 0. The third-order valence-corrected chi connectivity index (χ3v) is 0. The summed E-state index contributed by atoms with van der Waals surface area (Å²) in [7, 11) is 0. The Kier molecular flexibility index (Phi) is 2180. The van der Waals surface area contributed by atoms with Crippen molar-refractivity contribution < 1.29 is 53.3 Å². The van der Waals surface area contributed by atoms with E-state index in [1.807, 2.05) is 0 Å². The molecule has 0 bridgehead atoms. The van der Waals surface area contributed by atoms with E-state index >= 15 is 0 Å². The number of rotatable bonds is 0. The fraction of sp³-hybridized carbons (Fsp3) is 0. The molecule has 0 rings (SSSR count). The van der Waals surface area contributed by atoms with Crippen molar-refractivity contribution >= 4 is 0 Å². The van der Waals surface area contributed by atoms with Crippen LogP contribution >= 0.6 is 0 Å². The van der Waals surface area contributed by atoms with Crippen molar-refractivity contribution in [2.45, 2.75) is 0 Å². The Morgan fingerprint density at radius 3 is 0.600 bits per heavy atom. The Hall–Kier alpha value is 1.04. The molecule has 0 heterocycles. The maximum Gasteiger partial charge on any atom is 4.00 e. The molecule has 0 aromatic heterocycles. The maximum absolute atomic E-state index is 0. The average molecular weight is 293 g/mol. The van der Waals surface area contributed by atoms with Crippen molar-refractivity contribution in [2.75, 3.05) is 0 Å². The Morgan fingerprint density at radius 2 is 0.600 bits per heavy atom. The van der Waals surface area contributed by atoms with Gasteiger partial charge in [0.15, 0.2) is 0 Å². The van der Waals surface area contributed by atoms with E-state index in [-0.39, 0.29) is 53.3 Å². The van der Waals surface area contributed by atoms with Gasteiger partial charge in [0.2, 0.25) is 0 Å². The topological polar surface area (TPSA) is 85.5 Å². The second kappa shape index (κ2) is 76.4. The molecule has 0 atom stereocenters. The molecule has 0 spiro atoms. The molecule has 0 N–H and O–H groups in total. The summed E-state index contributed by atoms with van der Waals surface area (Å²) in [6.07, 6.45) is 0. The van der Waals surface area contributed by atoms with E-state index in [4.69, 9.17) is 0 Å². The standard InChI is InChI=1S/Mn.3O.Os/q+2;3*-2;+4. The van der Waals surface area contributed by atoms with Crippen molar-refractivity contribution in [2.24, 2.45) is 0 Å². The van der Waals surface area contributed by atoms with E-state index in [0.717, 1.165) is 0 Å². The van der Waals surface area contributed by atoms with Crippen molar-refractivity contribution in [3.8, 4) is 0 Å². The van der Waals surface area contributed by atoms with Crippen molar-refractivity contribution in [3.05, 3.63) is 0 Å². The number of hydrogen-bond donors (Lipinski definition) is 0. The van der Waals surface area contributed by atoms with Crippen molar-refractivity contribution in [1.29, 1.82) is 0 Å². The van der Waals surface area contributed by atoms with E-state index < -0.39 is 0 Å². The van der Waals surface area contributed by atoms with E-state index in [0.29, 0.717) is 0 Å². The van der Waals surface area contributed by atoms with Crippen LogP contribution < -0.4 is 0 Å². The van der Waals surface area contributed by atoms with Gasteiger partial charge in [-0.3, -0.25) is 0 Å². The zero-order valence-corrected chi connectivity index (χ0v) is 5.68. The molecular formula is MnO3Os. The van der Waals surface area contributed by atoms with Crippen LogP contribution in [0.2, 0.25) is 0 Å². The quantitative estimate of drug-likeness (QED) is 0.546. The molecule has 5 heavy (non-hydrogen) atoms. The van der Waals surface area contributed by atoms with Gasteiger partial charge in [-0.15, -0.1) is 0 Å². The van der Waals surface area contributed by atoms with E-state index in [9.17, 15) is 0 Å². The Balaban J connectivity index is 0. The van der Waals surface area contributed by atoms with Gasteiger partial charge in [-0.2, -0.15) is 0 Å². The summed E-state index contributed by atoms with van der Waals surface area (Å²) in [5.41, 5.74) is 0. The fourth-order valence-corrected chi connectivity index (χ4v) is 0. The van der Waals surface area contributed by atoms with Crippen LogP contribution in [0, 0.1) is 0 Å². The third kappa shape index (κ3) is 43.3. The molecule has 0 unspecified atom stereocenters. The largest absolute Gasteiger partial charge is 4.00 e. The minimum Gasteiger partial charge on any atom is -2.00 e. The van der Waals surface area contributed by atoms with Gasteiger partial charge in [-0.1, -0.05) is 0 Å². The molecule has 0 aliphatic carbocycles. The van der Waals surface area contributed by atoms with Gasteiger partial charge in [0.25, 0.3) is 0 Å². The van der Waals surface area contributed by atoms with Crippen LogP contribution in [0.5, 0.6) is 0 Å². The molecule has 3 nitrogen and oxygen atoms in total. The first-order valence-corrected chi connectivity index (χ1v) is 0. The first-order chi connectivity index (χ1) is 0. The zero-order valence-electron chi connectivity index (χ0n) is 1.96. The van der Waals surface area contributed by atoms with E-state index in [1.54, 1.807) is 0 Å². The SMILES string of the molecule is [Mn+2].[O-2].[O-2].[O-2].[Os+4]. The van der Waals surface area contributed by atoms with Crippen LogP contribution in [0.1, 0.15) is 0 Å². The molecule has 0 fully saturated rings. The summed E-state index contributed by atoms with van der Waals surface area (Å²) >= 11 is 0. The van der Waals surface area contributed by atoms with Crippen molar-refractivity contribution in [1.82, 2.24) is 0 Å². The summed E-state index contributed by atoms with van der Waals surface area (Å²) in [6, 6.07) is 0. The van der Waals surface area contributed by atoms with E-state index in [2.05, 4.69) is 0 Å². The van der Waals surface area contributed by atoms with Gasteiger partial charge in [-0.25, -0.2) is 0 Å². The molecule has 5 heteroatoms. The molecule has 0 amide bonds. The van der Waals surface area contributed by atoms with Gasteiger partial charge in [0.05, 0.1) is 0 Å². The van der Waals surface area contributed by atoms with Gasteiger partial charge < -0.3 is 16.4 Å². The second-order valence-electron chi connectivity index (χ2n) is 0. The molecule has 1 radical (unpaired) electrons. The monoisotopic (exact) mass is 295 g/mol. The summed E-state index contributed by atoms with van der Waals surface area (Å²) in [6.45, 7) is 0. The zero-order chi connectivity index (χ0) is 0. The first kappa shape index (κ1) is 143. The summed E-state index contributed by atoms with van der Waals surface area (Å²) in [4.78, 5) is 0. The smallest absolute Gasteiger partial charge is 2.00 e. The summed E-state index contributed by atoms with van der Waals surface area (Å²) in [5.74, 6) is 0. The summed E-state index contributed by atoms with van der Waals surface area (Å²) < 4.78 is 0. The molecule has 0 saturated heterocycles. The van der Waals surface area contributed by atoms with Gasteiger partial charge in [0, 0.05) is 0 Å². The minimum absolute atomic E-state index is 0. The third-order valence-electron chi connectivity index (χ3n) is 0. The molecule has 0 aliphatic heterocycles. The summed E-state index contributed by atoms with van der Waals surface area (Å²) in [5, 5.41) is 0. The van der Waals surface area contributed by atoms with Crippen LogP contribution in [-0.4, -0.2) is 0 Å². The van der Waals surface area contributed by atoms with E-state index in [1.165, 1.54) is 0 Å². The fourth-order valence-electron chi connectivity index (χ4n) is 0. The van der Waals surface area contributed by atoms with Crippen LogP contribution in [0.25, 0.3) is 0 Å². The minimum atomic E-state index is 0. The van der Waals surface area contributed by atoms with Gasteiger partial charge >= 0.3 is 36.9 Å². The predicted molar refractivity (Wildman–Crippen MR) is 2.06 cm³/mol. The Morgan fingerprint density at radius 1 is 0.600 bits per heavy atom. The second-order valence-corrected chi connectivity index (χ2v) is 0. The van der Waals surface area contributed by atoms with Crippen molar-refractivity contribution in [3.63, 3.8) is 0 Å². The molecule has 0 aromatic carbocycles. The number of hydrogen-bond acceptors (Lipinski definition) is 0. The molecule has 0 saturated carbocycles. The van der Waals surface area contributed by atoms with Crippen LogP contribution in [0.3, 0.4) is 0 Å². The molecule has 0 aliphatic rings. The Bertz CT molecular complexity index is 6.85. The van der Waals surface area contributed by atoms with Crippen LogP contribution in [-0.2, 0) is 53.3 Å². The first-order valence-electron chi connectivity index (χ1n) is 0. The van der Waals surface area contributed by atoms with Crippen LogP contribution in [0.4, 0.5) is 0 Å². The maximum atomic E-state index is 0. The molecule has 0 aromatic rings. The average Bonchev–Trinajstić information content (AvgIpc) is 0. The molecule has 33 valence electrons. The predicted octanol–water partition coefficient (Wildman–Crippen LogP) is -0.361. The molecular weight excluding hydrogens is 293 g/mol. The van der Waals surface area contributed by atoms with Gasteiger partial charge in [0.1, 0.15) is 0 Å². The Labute approximate surface area is 53.6 Å². The van der Waals surface area contributed by atoms with Crippen LogP contribution in [0.15, 0.2) is 0 Å². The van der Waals surface area contributed by atoms with Gasteiger partial charge in [-0.05, 0) is 0 Å².